The van der Waals surface area contributed by atoms with Crippen molar-refractivity contribution >= 4 is 34.5 Å². The van der Waals surface area contributed by atoms with Crippen molar-refractivity contribution in [2.45, 2.75) is 96.6 Å². The lowest BCUT2D eigenvalue weighted by atomic mass is 9.79. The van der Waals surface area contributed by atoms with Gasteiger partial charge in [0, 0.05) is 37.3 Å². The van der Waals surface area contributed by atoms with Crippen molar-refractivity contribution in [2.24, 2.45) is 11.8 Å². The van der Waals surface area contributed by atoms with Gasteiger partial charge in [-0.3, -0.25) is 14.5 Å². The minimum atomic E-state index is -4.52. The van der Waals surface area contributed by atoms with Crippen molar-refractivity contribution in [1.82, 2.24) is 14.8 Å². The zero-order valence-corrected chi connectivity index (χ0v) is 26.3. The van der Waals surface area contributed by atoms with Crippen LogP contribution in [0, 0.1) is 11.8 Å². The first-order valence-corrected chi connectivity index (χ1v) is 16.0. The SMILES string of the molecule is CC(C)C1CCC(N2CCC(N3C[C@H](C)N(c4ncc(Nc5c(NCC(F)(F)F)c(=O)c5=O)cc4Cl)C[C@H]3C)CC2)CC1. The molecule has 3 heterocycles. The number of alkyl halides is 3. The molecule has 1 saturated carbocycles. The highest BCUT2D eigenvalue weighted by molar-refractivity contribution is 6.33. The largest absolute Gasteiger partial charge is 0.405 e. The second-order valence-corrected chi connectivity index (χ2v) is 13.6. The summed E-state index contributed by atoms with van der Waals surface area (Å²) in [5, 5.41) is 5.09. The molecule has 3 aliphatic rings. The summed E-state index contributed by atoms with van der Waals surface area (Å²) in [6.07, 6.45) is 4.75. The van der Waals surface area contributed by atoms with Gasteiger partial charge < -0.3 is 20.4 Å². The highest BCUT2D eigenvalue weighted by Gasteiger charge is 2.37. The van der Waals surface area contributed by atoms with E-state index in [-0.39, 0.29) is 17.4 Å². The number of pyridine rings is 1. The van der Waals surface area contributed by atoms with Crippen LogP contribution in [-0.4, -0.2) is 77.9 Å². The fourth-order valence-corrected chi connectivity index (χ4v) is 7.67. The third-order valence-corrected chi connectivity index (χ3v) is 10.2. The summed E-state index contributed by atoms with van der Waals surface area (Å²) >= 11 is 6.65. The number of hydrogen-bond acceptors (Lipinski definition) is 8. The molecule has 2 saturated heterocycles. The lowest BCUT2D eigenvalue weighted by Crippen LogP contribution is -2.61. The van der Waals surface area contributed by atoms with Gasteiger partial charge in [-0.05, 0) is 83.4 Å². The standard InChI is InChI=1S/C31H44ClF3N6O2/c1-18(2)21-5-7-23(8-6-21)39-11-9-24(10-12-39)40-15-20(4)41(16-19(40)3)30-25(32)13-22(14-36-30)38-27-26(28(42)29(27)43)37-17-31(33,34)35/h13-14,18-21,23-24,37-38H,5-12,15-17H2,1-4H3/t19-,20+,21?,23?/m1/s1. The van der Waals surface area contributed by atoms with Crippen LogP contribution in [0.2, 0.25) is 5.02 Å². The molecule has 0 unspecified atom stereocenters. The van der Waals surface area contributed by atoms with Crippen LogP contribution in [0.15, 0.2) is 21.9 Å². The van der Waals surface area contributed by atoms with Gasteiger partial charge in [-0.1, -0.05) is 25.4 Å². The molecular weight excluding hydrogens is 581 g/mol. The number of rotatable bonds is 8. The Morgan fingerprint density at radius 1 is 0.953 bits per heavy atom. The molecule has 2 N–H and O–H groups in total. The van der Waals surface area contributed by atoms with Crippen LogP contribution in [0.5, 0.6) is 0 Å². The molecule has 12 heteroatoms. The molecule has 2 aliphatic heterocycles. The smallest absolute Gasteiger partial charge is 0.371 e. The van der Waals surface area contributed by atoms with Crippen molar-refractivity contribution < 1.29 is 13.2 Å². The van der Waals surface area contributed by atoms with E-state index in [2.05, 4.69) is 52.7 Å². The van der Waals surface area contributed by atoms with E-state index >= 15 is 0 Å². The first kappa shape index (κ1) is 32.0. The number of likely N-dealkylation sites (tertiary alicyclic amines) is 1. The number of hydrogen-bond donors (Lipinski definition) is 2. The monoisotopic (exact) mass is 624 g/mol. The lowest BCUT2D eigenvalue weighted by molar-refractivity contribution is -0.115. The first-order valence-electron chi connectivity index (χ1n) is 15.6. The van der Waals surface area contributed by atoms with Gasteiger partial charge in [0.15, 0.2) is 0 Å². The molecule has 0 radical (unpaired) electrons. The molecule has 0 spiro atoms. The van der Waals surface area contributed by atoms with E-state index in [0.717, 1.165) is 31.0 Å². The van der Waals surface area contributed by atoms with Gasteiger partial charge >= 0.3 is 6.18 Å². The third-order valence-electron chi connectivity index (χ3n) is 9.94. The third kappa shape index (κ3) is 7.14. The van der Waals surface area contributed by atoms with E-state index in [4.69, 9.17) is 11.6 Å². The van der Waals surface area contributed by atoms with Gasteiger partial charge in [0.1, 0.15) is 23.7 Å². The summed E-state index contributed by atoms with van der Waals surface area (Å²) in [4.78, 5) is 36.0. The van der Waals surface area contributed by atoms with Crippen molar-refractivity contribution in [3.63, 3.8) is 0 Å². The molecule has 2 aromatic rings. The van der Waals surface area contributed by atoms with Gasteiger partial charge in [0.05, 0.1) is 16.9 Å². The summed E-state index contributed by atoms with van der Waals surface area (Å²) in [6.45, 7) is 11.7. The van der Waals surface area contributed by atoms with Crippen molar-refractivity contribution in [3.8, 4) is 0 Å². The fraction of sp³-hybridized carbons (Fsp3) is 0.710. The normalized spacial score (nSPS) is 26.8. The molecule has 2 atom stereocenters. The number of anilines is 4. The molecule has 1 aromatic carbocycles. The van der Waals surface area contributed by atoms with Gasteiger partial charge in [0.2, 0.25) is 0 Å². The number of nitrogens with zero attached hydrogens (tertiary/aromatic N) is 4. The average molecular weight is 625 g/mol. The zero-order valence-electron chi connectivity index (χ0n) is 25.5. The van der Waals surface area contributed by atoms with Crippen molar-refractivity contribution in [1.29, 1.82) is 0 Å². The Morgan fingerprint density at radius 2 is 1.60 bits per heavy atom. The Balaban J connectivity index is 1.16. The molecule has 1 aromatic heterocycles. The van der Waals surface area contributed by atoms with Crippen molar-refractivity contribution in [2.75, 3.05) is 48.3 Å². The Labute approximate surface area is 256 Å². The maximum absolute atomic E-state index is 12.6. The van der Waals surface area contributed by atoms with E-state index in [1.54, 1.807) is 6.07 Å². The van der Waals surface area contributed by atoms with Gasteiger partial charge in [-0.2, -0.15) is 13.2 Å². The zero-order chi connectivity index (χ0) is 31.1. The van der Waals surface area contributed by atoms with E-state index in [1.165, 1.54) is 57.8 Å². The number of piperazine rings is 1. The molecule has 5 rings (SSSR count). The number of aromatic nitrogens is 1. The quantitative estimate of drug-likeness (QED) is 0.366. The summed E-state index contributed by atoms with van der Waals surface area (Å²) in [7, 11) is 0. The number of halogens is 4. The molecule has 238 valence electrons. The van der Waals surface area contributed by atoms with E-state index < -0.39 is 23.6 Å². The summed E-state index contributed by atoms with van der Waals surface area (Å²) in [5.74, 6) is 2.31. The average Bonchev–Trinajstić information content (AvgIpc) is 2.97. The second-order valence-electron chi connectivity index (χ2n) is 13.2. The number of nitrogens with one attached hydrogen (secondary N) is 2. The predicted octanol–water partition coefficient (Wildman–Crippen LogP) is 5.63. The maximum Gasteiger partial charge on any atom is 0.405 e. The van der Waals surface area contributed by atoms with Crippen LogP contribution in [0.3, 0.4) is 0 Å². The molecule has 3 fully saturated rings. The first-order chi connectivity index (χ1) is 20.3. The van der Waals surface area contributed by atoms with Gasteiger partial charge in [-0.25, -0.2) is 4.98 Å². The van der Waals surface area contributed by atoms with E-state index in [0.29, 0.717) is 28.6 Å². The van der Waals surface area contributed by atoms with Crippen LogP contribution in [0.25, 0.3) is 0 Å². The van der Waals surface area contributed by atoms with Crippen LogP contribution in [-0.2, 0) is 0 Å². The van der Waals surface area contributed by atoms with Crippen LogP contribution in [0.4, 0.5) is 36.1 Å². The summed E-state index contributed by atoms with van der Waals surface area (Å²) < 4.78 is 37.8. The molecule has 43 heavy (non-hydrogen) atoms. The molecule has 0 bridgehead atoms. The fourth-order valence-electron chi connectivity index (χ4n) is 7.40. The van der Waals surface area contributed by atoms with Crippen molar-refractivity contribution in [3.05, 3.63) is 37.7 Å². The van der Waals surface area contributed by atoms with E-state index in [1.807, 2.05) is 5.32 Å². The Kier molecular flexibility index (Phi) is 9.63. The molecular formula is C31H44ClF3N6O2. The highest BCUT2D eigenvalue weighted by Crippen LogP contribution is 2.36. The predicted molar refractivity (Wildman–Crippen MR) is 167 cm³/mol. The van der Waals surface area contributed by atoms with Crippen LogP contribution < -0.4 is 26.4 Å². The van der Waals surface area contributed by atoms with Gasteiger partial charge in [0.25, 0.3) is 10.9 Å². The minimum absolute atomic E-state index is 0.177. The Hall–Kier alpha value is -2.37. The lowest BCUT2D eigenvalue weighted by Gasteiger charge is -2.50. The molecule has 1 aliphatic carbocycles. The highest BCUT2D eigenvalue weighted by atomic mass is 35.5. The van der Waals surface area contributed by atoms with E-state index in [9.17, 15) is 22.8 Å². The second kappa shape index (κ2) is 12.9. The van der Waals surface area contributed by atoms with Crippen LogP contribution in [0.1, 0.15) is 66.2 Å². The summed E-state index contributed by atoms with van der Waals surface area (Å²) in [6, 6.07) is 3.39. The van der Waals surface area contributed by atoms with Gasteiger partial charge in [-0.15, -0.1) is 0 Å². The van der Waals surface area contributed by atoms with Crippen LogP contribution >= 0.6 is 11.6 Å². The maximum atomic E-state index is 12.6. The Morgan fingerprint density at radius 3 is 2.21 bits per heavy atom. The minimum Gasteiger partial charge on any atom is -0.371 e. The Bertz CT molecular complexity index is 1330. The molecule has 8 nitrogen and oxygen atoms in total. The topological polar surface area (TPSA) is 80.8 Å². The molecule has 0 amide bonds. The number of piperidine rings is 1. The summed E-state index contributed by atoms with van der Waals surface area (Å²) in [5.41, 5.74) is -2.15.